The molecule has 3 aromatic rings. The highest BCUT2D eigenvalue weighted by atomic mass is 16.5. The van der Waals surface area contributed by atoms with Crippen LogP contribution in [0.2, 0.25) is 0 Å². The Morgan fingerprint density at radius 1 is 0.963 bits per heavy atom. The fourth-order valence-electron chi connectivity index (χ4n) is 3.18. The third kappa shape index (κ3) is 3.65. The molecule has 0 amide bonds. The number of aromatic nitrogens is 1. The van der Waals surface area contributed by atoms with Gasteiger partial charge in [0.05, 0.1) is 21.3 Å². The highest BCUT2D eigenvalue weighted by Gasteiger charge is 2.12. The summed E-state index contributed by atoms with van der Waals surface area (Å²) in [6, 6.07) is 9.92. The molecule has 0 fully saturated rings. The van der Waals surface area contributed by atoms with E-state index in [0.29, 0.717) is 17.2 Å². The summed E-state index contributed by atoms with van der Waals surface area (Å²) in [5.41, 5.74) is 3.94. The molecule has 0 aliphatic rings. The minimum atomic E-state index is 0.164. The standard InChI is InChI=1S/C21H22N2O4/c1-23-13-16(12-22-24)17-9-14(7-8-18(17)23)5-6-15-10-19(25-2)21(27-4)20(11-15)26-3/h5-11,13H,12H2,1-4H3/b6-5-. The van der Waals surface area contributed by atoms with Crippen LogP contribution in [0.15, 0.2) is 41.7 Å². The van der Waals surface area contributed by atoms with Gasteiger partial charge in [-0.25, -0.2) is 0 Å². The van der Waals surface area contributed by atoms with Gasteiger partial charge in [0.15, 0.2) is 11.5 Å². The molecule has 0 bridgehead atoms. The quantitative estimate of drug-likeness (QED) is 0.451. The summed E-state index contributed by atoms with van der Waals surface area (Å²) < 4.78 is 18.1. The molecule has 1 aromatic heterocycles. The number of ether oxygens (including phenoxy) is 3. The maximum Gasteiger partial charge on any atom is 0.203 e. The Labute approximate surface area is 157 Å². The van der Waals surface area contributed by atoms with Crippen LogP contribution in [0.25, 0.3) is 23.1 Å². The second kappa shape index (κ2) is 7.95. The Morgan fingerprint density at radius 2 is 1.63 bits per heavy atom. The highest BCUT2D eigenvalue weighted by molar-refractivity contribution is 5.87. The Morgan fingerprint density at radius 3 is 2.22 bits per heavy atom. The van der Waals surface area contributed by atoms with Crippen molar-refractivity contribution in [3.63, 3.8) is 0 Å². The van der Waals surface area contributed by atoms with Crippen LogP contribution in [-0.2, 0) is 13.6 Å². The first-order chi connectivity index (χ1) is 13.1. The molecule has 0 aliphatic carbocycles. The van der Waals surface area contributed by atoms with E-state index in [0.717, 1.165) is 27.6 Å². The van der Waals surface area contributed by atoms with E-state index in [9.17, 15) is 4.91 Å². The van der Waals surface area contributed by atoms with Crippen LogP contribution in [-0.4, -0.2) is 25.9 Å². The van der Waals surface area contributed by atoms with Gasteiger partial charge in [-0.2, -0.15) is 4.91 Å². The maximum absolute atomic E-state index is 10.7. The number of hydrogen-bond donors (Lipinski definition) is 0. The smallest absolute Gasteiger partial charge is 0.203 e. The van der Waals surface area contributed by atoms with Gasteiger partial charge >= 0.3 is 0 Å². The van der Waals surface area contributed by atoms with Gasteiger partial charge in [0, 0.05) is 29.7 Å². The van der Waals surface area contributed by atoms with Gasteiger partial charge < -0.3 is 18.8 Å². The number of aryl methyl sites for hydroxylation is 1. The van der Waals surface area contributed by atoms with E-state index in [2.05, 4.69) is 11.2 Å². The molecule has 0 radical (unpaired) electrons. The van der Waals surface area contributed by atoms with Crippen LogP contribution >= 0.6 is 0 Å². The van der Waals surface area contributed by atoms with Crippen LogP contribution in [0.1, 0.15) is 16.7 Å². The normalized spacial score (nSPS) is 11.1. The van der Waals surface area contributed by atoms with Crippen LogP contribution in [0, 0.1) is 4.91 Å². The zero-order valence-electron chi connectivity index (χ0n) is 15.9. The number of methoxy groups -OCH3 is 3. The van der Waals surface area contributed by atoms with Crippen LogP contribution in [0.4, 0.5) is 0 Å². The third-order valence-electron chi connectivity index (χ3n) is 4.49. The number of nitroso groups, excluding NO2 is 1. The number of fused-ring (bicyclic) bond motifs is 1. The molecule has 0 aliphatic heterocycles. The first kappa shape index (κ1) is 18.5. The zero-order chi connectivity index (χ0) is 19.4. The number of nitrogens with zero attached hydrogens (tertiary/aromatic N) is 2. The Kier molecular flexibility index (Phi) is 5.45. The molecule has 0 unspecified atom stereocenters. The van der Waals surface area contributed by atoms with Crippen molar-refractivity contribution in [2.45, 2.75) is 6.54 Å². The molecule has 1 heterocycles. The molecule has 0 atom stereocenters. The van der Waals surface area contributed by atoms with Gasteiger partial charge in [0.25, 0.3) is 0 Å². The number of hydrogen-bond acceptors (Lipinski definition) is 5. The summed E-state index contributed by atoms with van der Waals surface area (Å²) in [6.45, 7) is 0.164. The van der Waals surface area contributed by atoms with Crippen molar-refractivity contribution in [2.75, 3.05) is 21.3 Å². The van der Waals surface area contributed by atoms with Crippen LogP contribution in [0.5, 0.6) is 17.2 Å². The molecule has 27 heavy (non-hydrogen) atoms. The van der Waals surface area contributed by atoms with Gasteiger partial charge in [0.2, 0.25) is 5.75 Å². The van der Waals surface area contributed by atoms with E-state index >= 15 is 0 Å². The number of rotatable bonds is 7. The van der Waals surface area contributed by atoms with Crippen molar-refractivity contribution >= 4 is 23.1 Å². The molecule has 140 valence electrons. The average Bonchev–Trinajstić information content (AvgIpc) is 3.00. The van der Waals surface area contributed by atoms with Crippen LogP contribution in [0.3, 0.4) is 0 Å². The van der Waals surface area contributed by atoms with Gasteiger partial charge in [-0.1, -0.05) is 23.4 Å². The van der Waals surface area contributed by atoms with Crippen molar-refractivity contribution in [3.8, 4) is 17.2 Å². The number of benzene rings is 2. The molecular formula is C21H22N2O4. The minimum Gasteiger partial charge on any atom is -0.493 e. The lowest BCUT2D eigenvalue weighted by atomic mass is 10.1. The molecule has 0 saturated heterocycles. The second-order valence-electron chi connectivity index (χ2n) is 6.12. The maximum atomic E-state index is 10.7. The SMILES string of the molecule is COc1cc(/C=C\c2ccc3c(c2)c(CN=O)cn3C)cc(OC)c1OC. The first-order valence-electron chi connectivity index (χ1n) is 8.46. The Balaban J connectivity index is 1.98. The van der Waals surface area contributed by atoms with Crippen molar-refractivity contribution in [1.82, 2.24) is 4.57 Å². The first-order valence-corrected chi connectivity index (χ1v) is 8.46. The monoisotopic (exact) mass is 366 g/mol. The second-order valence-corrected chi connectivity index (χ2v) is 6.12. The fourth-order valence-corrected chi connectivity index (χ4v) is 3.18. The lowest BCUT2D eigenvalue weighted by molar-refractivity contribution is 0.324. The van der Waals surface area contributed by atoms with E-state index in [4.69, 9.17) is 14.2 Å². The zero-order valence-corrected chi connectivity index (χ0v) is 15.9. The van der Waals surface area contributed by atoms with Gasteiger partial charge in [-0.05, 0) is 35.4 Å². The predicted octanol–water partition coefficient (Wildman–Crippen LogP) is 4.64. The highest BCUT2D eigenvalue weighted by Crippen LogP contribution is 2.38. The van der Waals surface area contributed by atoms with Gasteiger partial charge in [-0.3, -0.25) is 0 Å². The lowest BCUT2D eigenvalue weighted by Crippen LogP contribution is -1.95. The predicted molar refractivity (Wildman–Crippen MR) is 107 cm³/mol. The fraction of sp³-hybridized carbons (Fsp3) is 0.238. The van der Waals surface area contributed by atoms with Crippen molar-refractivity contribution in [2.24, 2.45) is 12.2 Å². The summed E-state index contributed by atoms with van der Waals surface area (Å²) in [5, 5.41) is 4.06. The summed E-state index contributed by atoms with van der Waals surface area (Å²) in [5.74, 6) is 1.78. The van der Waals surface area contributed by atoms with E-state index < -0.39 is 0 Å². The average molecular weight is 366 g/mol. The van der Waals surface area contributed by atoms with E-state index in [-0.39, 0.29) is 6.54 Å². The van der Waals surface area contributed by atoms with Gasteiger partial charge in [-0.15, -0.1) is 0 Å². The molecule has 3 rings (SSSR count). The summed E-state index contributed by atoms with van der Waals surface area (Å²) >= 11 is 0. The molecule has 6 nitrogen and oxygen atoms in total. The minimum absolute atomic E-state index is 0.164. The third-order valence-corrected chi connectivity index (χ3v) is 4.49. The van der Waals surface area contributed by atoms with Crippen molar-refractivity contribution in [1.29, 1.82) is 0 Å². The van der Waals surface area contributed by atoms with E-state index in [1.165, 1.54) is 0 Å². The molecule has 2 aromatic carbocycles. The van der Waals surface area contributed by atoms with Crippen LogP contribution < -0.4 is 14.2 Å². The summed E-state index contributed by atoms with van der Waals surface area (Å²) in [4.78, 5) is 10.7. The van der Waals surface area contributed by atoms with E-state index in [1.807, 2.05) is 54.2 Å². The lowest BCUT2D eigenvalue weighted by Gasteiger charge is -2.12. The molecule has 0 saturated carbocycles. The Hall–Kier alpha value is -3.28. The topological polar surface area (TPSA) is 62.0 Å². The van der Waals surface area contributed by atoms with Gasteiger partial charge in [0.1, 0.15) is 6.54 Å². The van der Waals surface area contributed by atoms with Crippen molar-refractivity contribution in [3.05, 3.63) is 58.1 Å². The molecule has 0 N–H and O–H groups in total. The van der Waals surface area contributed by atoms with E-state index in [1.54, 1.807) is 21.3 Å². The molecule has 0 spiro atoms. The summed E-state index contributed by atoms with van der Waals surface area (Å²) in [6.07, 6.45) is 5.93. The largest absolute Gasteiger partial charge is 0.493 e. The summed E-state index contributed by atoms with van der Waals surface area (Å²) in [7, 11) is 6.73. The molecule has 6 heteroatoms. The molecular weight excluding hydrogens is 344 g/mol. The Bertz CT molecular complexity index is 980. The van der Waals surface area contributed by atoms with Crippen molar-refractivity contribution < 1.29 is 14.2 Å².